The first-order valence-electron chi connectivity index (χ1n) is 4.89. The van der Waals surface area contributed by atoms with Gasteiger partial charge in [0.25, 0.3) is 0 Å². The summed E-state index contributed by atoms with van der Waals surface area (Å²) in [5.74, 6) is 0. The Bertz CT molecular complexity index is 711. The minimum Gasteiger partial charge on any atom is -0.0610 e. The molecule has 0 nitrogen and oxygen atoms in total. The number of benzene rings is 4. The van der Waals surface area contributed by atoms with E-state index in [1.807, 2.05) is 0 Å². The highest BCUT2D eigenvalue weighted by Gasteiger charge is 2.05. The second-order valence-electron chi connectivity index (χ2n) is 3.94. The summed E-state index contributed by atoms with van der Waals surface area (Å²) in [6, 6.07) is 17.8. The zero-order valence-corrected chi connectivity index (χ0v) is 7.62. The first-order valence-corrected chi connectivity index (χ1v) is 4.89. The van der Waals surface area contributed by atoms with Gasteiger partial charge in [0.05, 0.1) is 0 Å². The Morgan fingerprint density at radius 2 is 1.29 bits per heavy atom. The second kappa shape index (κ2) is 1.98. The Labute approximate surface area is 81.4 Å². The molecule has 4 rings (SSSR count). The number of rotatable bonds is 0. The van der Waals surface area contributed by atoms with Crippen LogP contribution in [0.25, 0.3) is 32.3 Å². The molecule has 64 valence electrons. The molecule has 0 aromatic heterocycles. The summed E-state index contributed by atoms with van der Waals surface area (Å²) in [5, 5.41) is 8.20. The van der Waals surface area contributed by atoms with Crippen LogP contribution in [-0.2, 0) is 0 Å². The van der Waals surface area contributed by atoms with Crippen LogP contribution in [-0.4, -0.2) is 0 Å². The first kappa shape index (κ1) is 6.61. The molecule has 0 heterocycles. The summed E-state index contributed by atoms with van der Waals surface area (Å²) in [6.07, 6.45) is 0. The average Bonchev–Trinajstić information content (AvgIpc) is 2.26. The van der Waals surface area contributed by atoms with Crippen molar-refractivity contribution in [3.8, 4) is 0 Å². The summed E-state index contributed by atoms with van der Waals surface area (Å²) >= 11 is 0. The lowest BCUT2D eigenvalue weighted by Crippen LogP contribution is -1.83. The van der Waals surface area contributed by atoms with Gasteiger partial charge in [0.2, 0.25) is 0 Å². The van der Waals surface area contributed by atoms with E-state index in [0.717, 1.165) is 0 Å². The normalized spacial score (nSPS) is 12.3. The summed E-state index contributed by atoms with van der Waals surface area (Å²) in [5.41, 5.74) is 0. The molecular weight excluding hydrogens is 168 g/mol. The third-order valence-corrected chi connectivity index (χ3v) is 3.15. The molecular formula is C14H8. The molecule has 0 aliphatic rings. The summed E-state index contributed by atoms with van der Waals surface area (Å²) in [7, 11) is 0. The fourth-order valence-electron chi connectivity index (χ4n) is 2.44. The van der Waals surface area contributed by atoms with Crippen molar-refractivity contribution in [2.75, 3.05) is 0 Å². The molecule has 0 unspecified atom stereocenters. The Kier molecular flexibility index (Phi) is 0.935. The van der Waals surface area contributed by atoms with Crippen molar-refractivity contribution >= 4 is 32.3 Å². The molecule has 0 aliphatic carbocycles. The van der Waals surface area contributed by atoms with E-state index in [1.165, 1.54) is 32.3 Å². The van der Waals surface area contributed by atoms with Gasteiger partial charge in [0.1, 0.15) is 0 Å². The van der Waals surface area contributed by atoms with E-state index < -0.39 is 0 Å². The van der Waals surface area contributed by atoms with Crippen molar-refractivity contribution in [1.29, 1.82) is 0 Å². The van der Waals surface area contributed by atoms with Crippen LogP contribution in [0, 0.1) is 0 Å². The number of fused-ring (bicyclic) bond motifs is 2. The molecule has 14 heavy (non-hydrogen) atoms. The topological polar surface area (TPSA) is 0 Å². The summed E-state index contributed by atoms with van der Waals surface area (Å²) in [4.78, 5) is 0. The molecule has 0 atom stereocenters. The van der Waals surface area contributed by atoms with Crippen LogP contribution in [0.5, 0.6) is 0 Å². The predicted octanol–water partition coefficient (Wildman–Crippen LogP) is 4.02. The van der Waals surface area contributed by atoms with Gasteiger partial charge in [-0.2, -0.15) is 0 Å². The van der Waals surface area contributed by atoms with Gasteiger partial charge in [-0.3, -0.25) is 0 Å². The third-order valence-electron chi connectivity index (χ3n) is 3.15. The molecule has 4 aromatic carbocycles. The van der Waals surface area contributed by atoms with Crippen molar-refractivity contribution in [2.24, 2.45) is 0 Å². The SMILES string of the molecule is c1cc2cc3ccc4cc3cc2c4c1. The molecule has 0 amide bonds. The lowest BCUT2D eigenvalue weighted by molar-refractivity contribution is 1.79. The smallest absolute Gasteiger partial charge is 0.00990 e. The molecule has 0 heteroatoms. The highest BCUT2D eigenvalue weighted by Crippen LogP contribution is 2.33. The molecule has 4 aromatic rings. The first-order chi connectivity index (χ1) is 6.92. The maximum Gasteiger partial charge on any atom is -0.00990 e. The quantitative estimate of drug-likeness (QED) is 0.355. The second-order valence-corrected chi connectivity index (χ2v) is 3.94. The molecule has 0 saturated carbocycles. The van der Waals surface area contributed by atoms with Crippen LogP contribution in [0.15, 0.2) is 48.5 Å². The zero-order valence-electron chi connectivity index (χ0n) is 7.62. The molecule has 0 N–H and O–H groups in total. The number of hydrogen-bond acceptors (Lipinski definition) is 0. The van der Waals surface area contributed by atoms with Crippen molar-refractivity contribution in [1.82, 2.24) is 0 Å². The molecule has 0 aliphatic heterocycles. The van der Waals surface area contributed by atoms with Crippen molar-refractivity contribution in [2.45, 2.75) is 0 Å². The maximum atomic E-state index is 2.30. The maximum absolute atomic E-state index is 2.30. The Morgan fingerprint density at radius 1 is 0.500 bits per heavy atom. The van der Waals surface area contributed by atoms with Crippen molar-refractivity contribution < 1.29 is 0 Å². The Hall–Kier alpha value is -1.82. The van der Waals surface area contributed by atoms with Gasteiger partial charge in [-0.05, 0) is 50.5 Å². The van der Waals surface area contributed by atoms with Gasteiger partial charge in [-0.25, -0.2) is 0 Å². The van der Waals surface area contributed by atoms with Gasteiger partial charge in [0, 0.05) is 0 Å². The third kappa shape index (κ3) is 0.621. The van der Waals surface area contributed by atoms with Crippen LogP contribution in [0.2, 0.25) is 0 Å². The van der Waals surface area contributed by atoms with E-state index in [4.69, 9.17) is 0 Å². The van der Waals surface area contributed by atoms with E-state index in [0.29, 0.717) is 0 Å². The summed E-state index contributed by atoms with van der Waals surface area (Å²) < 4.78 is 0. The van der Waals surface area contributed by atoms with Gasteiger partial charge < -0.3 is 0 Å². The van der Waals surface area contributed by atoms with Crippen LogP contribution >= 0.6 is 0 Å². The van der Waals surface area contributed by atoms with Crippen LogP contribution in [0.4, 0.5) is 0 Å². The monoisotopic (exact) mass is 176 g/mol. The fourth-order valence-corrected chi connectivity index (χ4v) is 2.44. The molecule has 0 fully saturated rings. The average molecular weight is 176 g/mol. The van der Waals surface area contributed by atoms with Gasteiger partial charge in [0.15, 0.2) is 0 Å². The lowest BCUT2D eigenvalue weighted by Gasteiger charge is -2.10. The largest absolute Gasteiger partial charge is 0.0610 e. The standard InChI is InChI=1S/C14H8/c1-2-10-6-9-4-5-11-7-12(9)8-14(10)13(11)3-1/h1-8H. The van der Waals surface area contributed by atoms with E-state index in [-0.39, 0.29) is 0 Å². The lowest BCUT2D eigenvalue weighted by atomic mass is 9.94. The Morgan fingerprint density at radius 3 is 2.29 bits per heavy atom. The Balaban J connectivity index is 2.60. The van der Waals surface area contributed by atoms with E-state index in [1.54, 1.807) is 0 Å². The van der Waals surface area contributed by atoms with E-state index >= 15 is 0 Å². The van der Waals surface area contributed by atoms with Crippen LogP contribution in [0.1, 0.15) is 0 Å². The molecule has 3 bridgehead atoms. The fraction of sp³-hybridized carbons (Fsp3) is 0. The highest BCUT2D eigenvalue weighted by atomic mass is 14.1. The van der Waals surface area contributed by atoms with Crippen molar-refractivity contribution in [3.63, 3.8) is 0 Å². The van der Waals surface area contributed by atoms with E-state index in [2.05, 4.69) is 48.5 Å². The van der Waals surface area contributed by atoms with Crippen molar-refractivity contribution in [3.05, 3.63) is 48.5 Å². The minimum atomic E-state index is 1.35. The van der Waals surface area contributed by atoms with Gasteiger partial charge >= 0.3 is 0 Å². The van der Waals surface area contributed by atoms with Gasteiger partial charge in [-0.1, -0.05) is 30.3 Å². The van der Waals surface area contributed by atoms with Crippen LogP contribution in [0.3, 0.4) is 0 Å². The zero-order chi connectivity index (χ0) is 9.12. The summed E-state index contributed by atoms with van der Waals surface area (Å²) in [6.45, 7) is 0. The molecule has 0 radical (unpaired) electrons. The van der Waals surface area contributed by atoms with E-state index in [9.17, 15) is 0 Å². The van der Waals surface area contributed by atoms with Gasteiger partial charge in [-0.15, -0.1) is 0 Å². The van der Waals surface area contributed by atoms with Crippen LogP contribution < -0.4 is 0 Å². The molecule has 0 spiro atoms. The predicted molar refractivity (Wildman–Crippen MR) is 61.3 cm³/mol. The highest BCUT2D eigenvalue weighted by molar-refractivity contribution is 6.15. The minimum absolute atomic E-state index is 1.35. The molecule has 0 saturated heterocycles. The number of hydrogen-bond donors (Lipinski definition) is 0.